The normalized spacial score (nSPS) is 12.0. The molecule has 0 aliphatic carbocycles. The van der Waals surface area contributed by atoms with Gasteiger partial charge in [-0.2, -0.15) is 0 Å². The van der Waals surface area contributed by atoms with Gasteiger partial charge in [0.2, 0.25) is 11.8 Å². The van der Waals surface area contributed by atoms with E-state index in [0.29, 0.717) is 6.42 Å². The molecule has 0 aliphatic heterocycles. The highest BCUT2D eigenvalue weighted by atomic mass is 16.2. The second kappa shape index (κ2) is 9.91. The van der Waals surface area contributed by atoms with Crippen LogP contribution in [0.5, 0.6) is 0 Å². The summed E-state index contributed by atoms with van der Waals surface area (Å²) in [6.07, 6.45) is 1.91. The van der Waals surface area contributed by atoms with Crippen molar-refractivity contribution >= 4 is 23.8 Å². The van der Waals surface area contributed by atoms with Crippen LogP contribution in [0.25, 0.3) is 6.08 Å². The van der Waals surface area contributed by atoms with Gasteiger partial charge in [0.1, 0.15) is 11.7 Å². The van der Waals surface area contributed by atoms with Gasteiger partial charge < -0.3 is 16.0 Å². The Morgan fingerprint density at radius 1 is 0.963 bits per heavy atom. The van der Waals surface area contributed by atoms with Gasteiger partial charge >= 0.3 is 0 Å². The summed E-state index contributed by atoms with van der Waals surface area (Å²) in [5.74, 6) is -1.21. The predicted octanol–water partition coefficient (Wildman–Crippen LogP) is 1.64. The average molecular weight is 365 g/mol. The van der Waals surface area contributed by atoms with Crippen molar-refractivity contribution in [2.75, 3.05) is 7.05 Å². The fraction of sp³-hybridized carbons (Fsp3) is 0.190. The second-order valence-corrected chi connectivity index (χ2v) is 5.98. The number of hydrogen-bond acceptors (Lipinski definition) is 3. The van der Waals surface area contributed by atoms with Crippen LogP contribution in [0.1, 0.15) is 18.1 Å². The van der Waals surface area contributed by atoms with Gasteiger partial charge in [-0.3, -0.25) is 14.4 Å². The van der Waals surface area contributed by atoms with Gasteiger partial charge in [0.15, 0.2) is 0 Å². The van der Waals surface area contributed by atoms with Crippen molar-refractivity contribution in [3.05, 3.63) is 77.5 Å². The van der Waals surface area contributed by atoms with Crippen LogP contribution in [-0.2, 0) is 20.8 Å². The molecule has 0 aromatic heterocycles. The summed E-state index contributed by atoms with van der Waals surface area (Å²) in [5.41, 5.74) is 1.76. The zero-order chi connectivity index (χ0) is 19.6. The molecule has 2 aromatic carbocycles. The number of carbonyl (C=O) groups is 3. The van der Waals surface area contributed by atoms with Gasteiger partial charge in [0.25, 0.3) is 5.91 Å². The Labute approximate surface area is 158 Å². The lowest BCUT2D eigenvalue weighted by molar-refractivity contribution is -0.127. The van der Waals surface area contributed by atoms with Gasteiger partial charge in [-0.05, 0) is 17.2 Å². The topological polar surface area (TPSA) is 87.3 Å². The summed E-state index contributed by atoms with van der Waals surface area (Å²) in [6, 6.07) is 17.8. The second-order valence-electron chi connectivity index (χ2n) is 5.98. The summed E-state index contributed by atoms with van der Waals surface area (Å²) < 4.78 is 0. The van der Waals surface area contributed by atoms with Crippen molar-refractivity contribution in [3.8, 4) is 0 Å². The van der Waals surface area contributed by atoms with Crippen molar-refractivity contribution in [1.82, 2.24) is 16.0 Å². The predicted molar refractivity (Wildman–Crippen MR) is 104 cm³/mol. The highest BCUT2D eigenvalue weighted by Crippen LogP contribution is 2.07. The van der Waals surface area contributed by atoms with E-state index in [1.54, 1.807) is 6.08 Å². The molecule has 0 saturated heterocycles. The molecule has 6 heteroatoms. The third-order valence-corrected chi connectivity index (χ3v) is 3.82. The van der Waals surface area contributed by atoms with Crippen molar-refractivity contribution in [2.45, 2.75) is 19.4 Å². The molecule has 27 heavy (non-hydrogen) atoms. The maximum atomic E-state index is 12.7. The average Bonchev–Trinajstić information content (AvgIpc) is 2.67. The molecule has 0 fully saturated rings. The highest BCUT2D eigenvalue weighted by molar-refractivity contribution is 6.02. The number of nitrogens with one attached hydrogen (secondary N) is 3. The summed E-state index contributed by atoms with van der Waals surface area (Å²) >= 11 is 0. The van der Waals surface area contributed by atoms with E-state index in [-0.39, 0.29) is 17.5 Å². The van der Waals surface area contributed by atoms with E-state index in [1.807, 2.05) is 60.7 Å². The van der Waals surface area contributed by atoms with Gasteiger partial charge in [0.05, 0.1) is 0 Å². The van der Waals surface area contributed by atoms with E-state index in [1.165, 1.54) is 14.0 Å². The summed E-state index contributed by atoms with van der Waals surface area (Å²) in [5, 5.41) is 7.80. The Balaban J connectivity index is 2.22. The Morgan fingerprint density at radius 2 is 1.56 bits per heavy atom. The minimum Gasteiger partial charge on any atom is -0.357 e. The van der Waals surface area contributed by atoms with Crippen LogP contribution in [0.3, 0.4) is 0 Å². The molecule has 0 heterocycles. The lowest BCUT2D eigenvalue weighted by Crippen LogP contribution is -2.48. The summed E-state index contributed by atoms with van der Waals surface area (Å²) in [4.78, 5) is 36.5. The zero-order valence-corrected chi connectivity index (χ0v) is 15.4. The standard InChI is InChI=1S/C21H23N3O3/c1-15(25)23-19(14-17-11-7-4-8-12-17)21(27)24-18(20(26)22-2)13-16-9-5-3-6-10-16/h3-12,14,18H,13H2,1-2H3,(H,22,26)(H,23,25)(H,24,27)/b19-14-/t18-/m0/s1. The largest absolute Gasteiger partial charge is 0.357 e. The molecule has 0 spiro atoms. The Morgan fingerprint density at radius 3 is 2.11 bits per heavy atom. The first-order valence-electron chi connectivity index (χ1n) is 8.60. The highest BCUT2D eigenvalue weighted by Gasteiger charge is 2.22. The van der Waals surface area contributed by atoms with Crippen LogP contribution in [0.15, 0.2) is 66.4 Å². The quantitative estimate of drug-likeness (QED) is 0.652. The first kappa shape index (κ1) is 19.9. The number of likely N-dealkylation sites (N-methyl/N-ethyl adjacent to an activating group) is 1. The van der Waals surface area contributed by atoms with E-state index in [2.05, 4.69) is 16.0 Å². The Bertz CT molecular complexity index is 817. The Hall–Kier alpha value is -3.41. The van der Waals surface area contributed by atoms with Crippen LogP contribution in [0, 0.1) is 0 Å². The molecule has 0 unspecified atom stereocenters. The van der Waals surface area contributed by atoms with Gasteiger partial charge in [-0.15, -0.1) is 0 Å². The third-order valence-electron chi connectivity index (χ3n) is 3.82. The fourth-order valence-electron chi connectivity index (χ4n) is 2.53. The third kappa shape index (κ3) is 6.43. The first-order valence-corrected chi connectivity index (χ1v) is 8.60. The molecule has 140 valence electrons. The van der Waals surface area contributed by atoms with Crippen molar-refractivity contribution in [1.29, 1.82) is 0 Å². The lowest BCUT2D eigenvalue weighted by Gasteiger charge is -2.19. The molecular formula is C21H23N3O3. The molecule has 2 rings (SSSR count). The maximum Gasteiger partial charge on any atom is 0.268 e. The number of benzene rings is 2. The smallest absolute Gasteiger partial charge is 0.268 e. The molecular weight excluding hydrogens is 342 g/mol. The Kier molecular flexibility index (Phi) is 7.31. The molecule has 3 amide bonds. The van der Waals surface area contributed by atoms with Gasteiger partial charge in [-0.1, -0.05) is 60.7 Å². The maximum absolute atomic E-state index is 12.7. The molecule has 0 saturated carbocycles. The van der Waals surface area contributed by atoms with Crippen molar-refractivity contribution in [2.24, 2.45) is 0 Å². The van der Waals surface area contributed by atoms with Crippen molar-refractivity contribution in [3.63, 3.8) is 0 Å². The zero-order valence-electron chi connectivity index (χ0n) is 15.4. The monoisotopic (exact) mass is 365 g/mol. The molecule has 0 bridgehead atoms. The molecule has 2 aromatic rings. The fourth-order valence-corrected chi connectivity index (χ4v) is 2.53. The number of rotatable bonds is 7. The molecule has 1 atom stereocenters. The van der Waals surface area contributed by atoms with Gasteiger partial charge in [0, 0.05) is 20.4 Å². The molecule has 3 N–H and O–H groups in total. The minimum atomic E-state index is -0.766. The summed E-state index contributed by atoms with van der Waals surface area (Å²) in [7, 11) is 1.51. The number of carbonyl (C=O) groups excluding carboxylic acids is 3. The van der Waals surface area contributed by atoms with E-state index in [4.69, 9.17) is 0 Å². The van der Waals surface area contributed by atoms with E-state index in [9.17, 15) is 14.4 Å². The van der Waals surface area contributed by atoms with Crippen molar-refractivity contribution < 1.29 is 14.4 Å². The van der Waals surface area contributed by atoms with E-state index < -0.39 is 11.9 Å². The molecule has 6 nitrogen and oxygen atoms in total. The lowest BCUT2D eigenvalue weighted by atomic mass is 10.0. The van der Waals surface area contributed by atoms with E-state index >= 15 is 0 Å². The van der Waals surface area contributed by atoms with Crippen LogP contribution in [0.4, 0.5) is 0 Å². The van der Waals surface area contributed by atoms with Crippen LogP contribution in [0.2, 0.25) is 0 Å². The SMILES string of the molecule is CNC(=O)[C@H](Cc1ccccc1)NC(=O)/C(=C/c1ccccc1)NC(C)=O. The summed E-state index contributed by atoms with van der Waals surface area (Å²) in [6.45, 7) is 1.33. The van der Waals surface area contributed by atoms with Crippen LogP contribution < -0.4 is 16.0 Å². The minimum absolute atomic E-state index is 0.0793. The molecule has 0 radical (unpaired) electrons. The van der Waals surface area contributed by atoms with E-state index in [0.717, 1.165) is 11.1 Å². The first-order chi connectivity index (χ1) is 13.0. The van der Waals surface area contributed by atoms with Crippen LogP contribution >= 0.6 is 0 Å². The van der Waals surface area contributed by atoms with Gasteiger partial charge in [-0.25, -0.2) is 0 Å². The number of amides is 3. The number of hydrogen-bond donors (Lipinski definition) is 3. The molecule has 0 aliphatic rings. The van der Waals surface area contributed by atoms with Crippen LogP contribution in [-0.4, -0.2) is 30.8 Å².